The number of hydrogen-bond acceptors (Lipinski definition) is 3. The third-order valence-corrected chi connectivity index (χ3v) is 3.93. The minimum Gasteiger partial charge on any atom is -0.481 e. The predicted octanol–water partition coefficient (Wildman–Crippen LogP) is 3.74. The molecule has 25 heavy (non-hydrogen) atoms. The van der Waals surface area contributed by atoms with Crippen molar-refractivity contribution in [3.05, 3.63) is 35.4 Å². The number of carbonyl (C=O) groups is 2. The summed E-state index contributed by atoms with van der Waals surface area (Å²) in [6.45, 7) is 4.93. The van der Waals surface area contributed by atoms with E-state index < -0.39 is 41.2 Å². The molecule has 0 aromatic heterocycles. The first-order valence-electron chi connectivity index (χ1n) is 7.76. The molecule has 2 rings (SSSR count). The zero-order valence-corrected chi connectivity index (χ0v) is 14.1. The maximum absolute atomic E-state index is 12.9. The number of ether oxygens (including phenoxy) is 1. The number of benzene rings is 1. The number of likely N-dealkylation sites (tertiary alicyclic amines) is 1. The van der Waals surface area contributed by atoms with Gasteiger partial charge in [-0.15, -0.1) is 0 Å². The van der Waals surface area contributed by atoms with E-state index in [0.717, 1.165) is 12.1 Å². The lowest BCUT2D eigenvalue weighted by Crippen LogP contribution is -2.35. The highest BCUT2D eigenvalue weighted by Crippen LogP contribution is 2.37. The second-order valence-corrected chi connectivity index (χ2v) is 7.06. The van der Waals surface area contributed by atoms with Crippen LogP contribution in [-0.4, -0.2) is 40.8 Å². The quantitative estimate of drug-likeness (QED) is 0.874. The zero-order chi connectivity index (χ0) is 19.0. The highest BCUT2D eigenvalue weighted by atomic mass is 19.4. The van der Waals surface area contributed by atoms with Crippen LogP contribution >= 0.6 is 0 Å². The summed E-state index contributed by atoms with van der Waals surface area (Å²) in [5, 5.41) is 9.41. The summed E-state index contributed by atoms with van der Waals surface area (Å²) in [5.41, 5.74) is -1.34. The number of halogens is 3. The number of carboxylic acids is 1. The number of rotatable bonds is 2. The van der Waals surface area contributed by atoms with E-state index in [4.69, 9.17) is 4.74 Å². The van der Waals surface area contributed by atoms with Crippen molar-refractivity contribution in [2.45, 2.75) is 38.5 Å². The fourth-order valence-electron chi connectivity index (χ4n) is 2.81. The average molecular weight is 359 g/mol. The Morgan fingerprint density at radius 3 is 2.36 bits per heavy atom. The van der Waals surface area contributed by atoms with Crippen LogP contribution in [0.2, 0.25) is 0 Å². The monoisotopic (exact) mass is 359 g/mol. The summed E-state index contributed by atoms with van der Waals surface area (Å²) in [4.78, 5) is 24.9. The van der Waals surface area contributed by atoms with Gasteiger partial charge in [0.1, 0.15) is 5.60 Å². The molecule has 1 heterocycles. The van der Waals surface area contributed by atoms with E-state index in [9.17, 15) is 27.9 Å². The van der Waals surface area contributed by atoms with E-state index in [1.165, 1.54) is 17.0 Å². The molecule has 1 aromatic rings. The molecule has 1 aliphatic rings. The number of aliphatic carboxylic acids is 1. The molecule has 2 atom stereocenters. The Labute approximate surface area is 143 Å². The summed E-state index contributed by atoms with van der Waals surface area (Å²) in [6, 6.07) is 4.57. The molecule has 0 bridgehead atoms. The summed E-state index contributed by atoms with van der Waals surface area (Å²) < 4.78 is 43.9. The van der Waals surface area contributed by atoms with Crippen LogP contribution in [0.1, 0.15) is 37.8 Å². The van der Waals surface area contributed by atoms with Gasteiger partial charge in [-0.3, -0.25) is 4.79 Å². The number of carboxylic acid groups (broad SMARTS) is 1. The first-order valence-corrected chi connectivity index (χ1v) is 7.76. The van der Waals surface area contributed by atoms with E-state index >= 15 is 0 Å². The normalized spacial score (nSPS) is 21.3. The van der Waals surface area contributed by atoms with Gasteiger partial charge in [0, 0.05) is 19.0 Å². The second kappa shape index (κ2) is 6.57. The van der Waals surface area contributed by atoms with E-state index in [2.05, 4.69) is 0 Å². The highest BCUT2D eigenvalue weighted by molar-refractivity contribution is 5.76. The van der Waals surface area contributed by atoms with Gasteiger partial charge in [-0.2, -0.15) is 13.2 Å². The molecule has 1 saturated heterocycles. The topological polar surface area (TPSA) is 66.8 Å². The van der Waals surface area contributed by atoms with Crippen molar-refractivity contribution < 1.29 is 32.6 Å². The summed E-state index contributed by atoms with van der Waals surface area (Å²) in [7, 11) is 0. The lowest BCUT2D eigenvalue weighted by Gasteiger charge is -2.24. The van der Waals surface area contributed by atoms with Gasteiger partial charge in [-0.05, 0) is 32.4 Å². The molecule has 1 amide bonds. The Kier molecular flexibility index (Phi) is 5.02. The Hall–Kier alpha value is -2.25. The number of hydrogen-bond donors (Lipinski definition) is 1. The lowest BCUT2D eigenvalue weighted by molar-refractivity contribution is -0.141. The lowest BCUT2D eigenvalue weighted by atomic mass is 9.88. The molecule has 5 nitrogen and oxygen atoms in total. The maximum atomic E-state index is 12.9. The van der Waals surface area contributed by atoms with E-state index in [1.54, 1.807) is 20.8 Å². The Morgan fingerprint density at radius 1 is 1.20 bits per heavy atom. The Balaban J connectivity index is 2.27. The average Bonchev–Trinajstić information content (AvgIpc) is 2.90. The van der Waals surface area contributed by atoms with Gasteiger partial charge < -0.3 is 14.7 Å². The molecule has 0 saturated carbocycles. The van der Waals surface area contributed by atoms with Gasteiger partial charge in [0.05, 0.1) is 11.5 Å². The van der Waals surface area contributed by atoms with Crippen molar-refractivity contribution in [2.24, 2.45) is 5.92 Å². The van der Waals surface area contributed by atoms with Crippen LogP contribution in [0.3, 0.4) is 0 Å². The van der Waals surface area contributed by atoms with Crippen molar-refractivity contribution in [2.75, 3.05) is 13.1 Å². The van der Waals surface area contributed by atoms with E-state index in [-0.39, 0.29) is 18.7 Å². The number of amides is 1. The van der Waals surface area contributed by atoms with E-state index in [1.807, 2.05) is 0 Å². The van der Waals surface area contributed by atoms with Gasteiger partial charge in [0.15, 0.2) is 0 Å². The predicted molar refractivity (Wildman–Crippen MR) is 83.1 cm³/mol. The highest BCUT2D eigenvalue weighted by Gasteiger charge is 2.42. The molecule has 8 heteroatoms. The van der Waals surface area contributed by atoms with Gasteiger partial charge in [-0.25, -0.2) is 4.79 Å². The largest absolute Gasteiger partial charge is 0.481 e. The third kappa shape index (κ3) is 4.64. The molecule has 0 aliphatic carbocycles. The minimum atomic E-state index is -4.52. The molecule has 138 valence electrons. The zero-order valence-electron chi connectivity index (χ0n) is 14.1. The van der Waals surface area contributed by atoms with Gasteiger partial charge >= 0.3 is 18.2 Å². The van der Waals surface area contributed by atoms with Crippen molar-refractivity contribution in [3.63, 3.8) is 0 Å². The minimum absolute atomic E-state index is 0.00676. The molecule has 1 aromatic carbocycles. The van der Waals surface area contributed by atoms with Crippen molar-refractivity contribution in [1.82, 2.24) is 4.90 Å². The van der Waals surface area contributed by atoms with Gasteiger partial charge in [-0.1, -0.05) is 18.2 Å². The van der Waals surface area contributed by atoms with Crippen LogP contribution in [-0.2, 0) is 15.7 Å². The van der Waals surface area contributed by atoms with Crippen molar-refractivity contribution >= 4 is 12.1 Å². The molecule has 1 fully saturated rings. The summed E-state index contributed by atoms with van der Waals surface area (Å²) in [5.74, 6) is -2.88. The summed E-state index contributed by atoms with van der Waals surface area (Å²) in [6.07, 6.45) is -5.19. The number of nitrogens with zero attached hydrogens (tertiary/aromatic N) is 1. The third-order valence-electron chi connectivity index (χ3n) is 3.93. The molecule has 0 radical (unpaired) electrons. The summed E-state index contributed by atoms with van der Waals surface area (Å²) >= 11 is 0. The van der Waals surface area contributed by atoms with Crippen LogP contribution in [0.15, 0.2) is 24.3 Å². The van der Waals surface area contributed by atoms with Crippen LogP contribution in [0.4, 0.5) is 18.0 Å². The number of alkyl halides is 3. The van der Waals surface area contributed by atoms with Crippen LogP contribution in [0.25, 0.3) is 0 Å². The van der Waals surface area contributed by atoms with Gasteiger partial charge in [0.25, 0.3) is 0 Å². The standard InChI is InChI=1S/C17H20F3NO4/c1-16(2,3)25-15(24)21-8-12(13(9-21)14(22)23)10-5-4-6-11(7-10)17(18,19)20/h4-7,12-13H,8-9H2,1-3H3,(H,22,23)/t12-,13+/m0/s1. The van der Waals surface area contributed by atoms with E-state index in [0.29, 0.717) is 0 Å². The number of carbonyl (C=O) groups excluding carboxylic acids is 1. The Bertz CT molecular complexity index is 667. The molecule has 0 unspecified atom stereocenters. The molecular weight excluding hydrogens is 339 g/mol. The molecule has 0 spiro atoms. The van der Waals surface area contributed by atoms with Crippen molar-refractivity contribution in [3.8, 4) is 0 Å². The molecule has 1 N–H and O–H groups in total. The first-order chi connectivity index (χ1) is 11.4. The smallest absolute Gasteiger partial charge is 0.416 e. The SMILES string of the molecule is CC(C)(C)OC(=O)N1C[C@@H](C(=O)O)[C@H](c2cccc(C(F)(F)F)c2)C1. The first kappa shape index (κ1) is 19.1. The van der Waals surface area contributed by atoms with Crippen LogP contribution < -0.4 is 0 Å². The van der Waals surface area contributed by atoms with Crippen LogP contribution in [0, 0.1) is 5.92 Å². The van der Waals surface area contributed by atoms with Gasteiger partial charge in [0.2, 0.25) is 0 Å². The second-order valence-electron chi connectivity index (χ2n) is 7.06. The fourth-order valence-corrected chi connectivity index (χ4v) is 2.81. The van der Waals surface area contributed by atoms with Crippen LogP contribution in [0.5, 0.6) is 0 Å². The molecule has 1 aliphatic heterocycles. The maximum Gasteiger partial charge on any atom is 0.416 e. The molecular formula is C17H20F3NO4. The van der Waals surface area contributed by atoms with Crippen molar-refractivity contribution in [1.29, 1.82) is 0 Å². The fraction of sp³-hybridized carbons (Fsp3) is 0.529. The Morgan fingerprint density at radius 2 is 1.84 bits per heavy atom.